The van der Waals surface area contributed by atoms with Crippen molar-refractivity contribution >= 4 is 15.9 Å². The molecule has 0 saturated heterocycles. The van der Waals surface area contributed by atoms with Crippen molar-refractivity contribution < 1.29 is 13.2 Å². The fraction of sp³-hybridized carbons (Fsp3) is 0.348. The molecular formula is C23H28N2O3S. The summed E-state index contributed by atoms with van der Waals surface area (Å²) >= 11 is 0. The van der Waals surface area contributed by atoms with Gasteiger partial charge in [0.1, 0.15) is 0 Å². The number of hydrogen-bond donors (Lipinski definition) is 1. The number of carbonyl (C=O) groups is 1. The highest BCUT2D eigenvalue weighted by Gasteiger charge is 2.27. The number of nitrogens with one attached hydrogen (secondary N) is 1. The van der Waals surface area contributed by atoms with Crippen LogP contribution in [0.25, 0.3) is 0 Å². The molecular weight excluding hydrogens is 384 g/mol. The Kier molecular flexibility index (Phi) is 6.87. The van der Waals surface area contributed by atoms with Crippen molar-refractivity contribution in [1.29, 1.82) is 0 Å². The Morgan fingerprint density at radius 1 is 1.10 bits per heavy atom. The number of amides is 1. The molecule has 0 aromatic heterocycles. The number of aryl methyl sites for hydroxylation is 2. The normalized spacial score (nSPS) is 16.1. The van der Waals surface area contributed by atoms with Gasteiger partial charge >= 0.3 is 0 Å². The Hall–Kier alpha value is -2.44. The maximum atomic E-state index is 12.8. The molecule has 5 nitrogen and oxygen atoms in total. The molecule has 1 N–H and O–H groups in total. The Morgan fingerprint density at radius 3 is 2.41 bits per heavy atom. The van der Waals surface area contributed by atoms with Crippen LogP contribution in [0.3, 0.4) is 0 Å². The quantitative estimate of drug-likeness (QED) is 0.757. The first-order chi connectivity index (χ1) is 13.9. The van der Waals surface area contributed by atoms with Crippen LogP contribution >= 0.6 is 0 Å². The van der Waals surface area contributed by atoms with Gasteiger partial charge in [-0.1, -0.05) is 54.1 Å². The van der Waals surface area contributed by atoms with Crippen molar-refractivity contribution in [3.63, 3.8) is 0 Å². The summed E-state index contributed by atoms with van der Waals surface area (Å²) in [4.78, 5) is 12.8. The first-order valence-corrected chi connectivity index (χ1v) is 11.4. The summed E-state index contributed by atoms with van der Waals surface area (Å²) in [5.41, 5.74) is 2.93. The zero-order valence-corrected chi connectivity index (χ0v) is 17.8. The van der Waals surface area contributed by atoms with E-state index >= 15 is 0 Å². The fourth-order valence-corrected chi connectivity index (χ4v) is 4.73. The van der Waals surface area contributed by atoms with Crippen LogP contribution in [-0.2, 0) is 21.2 Å². The average Bonchev–Trinajstić information content (AvgIpc) is 2.73. The van der Waals surface area contributed by atoms with Gasteiger partial charge in [-0.15, -0.1) is 0 Å². The zero-order valence-electron chi connectivity index (χ0n) is 17.0. The highest BCUT2D eigenvalue weighted by molar-refractivity contribution is 7.89. The summed E-state index contributed by atoms with van der Waals surface area (Å²) in [6.07, 6.45) is 3.91. The molecule has 0 unspecified atom stereocenters. The first-order valence-electron chi connectivity index (χ1n) is 9.97. The SMILES string of the molecule is Cc1ccc(S(=O)(=O)N2CC=C(C(=O)N[C@@H](C)CCc3ccccc3)CC2)cc1. The lowest BCUT2D eigenvalue weighted by Gasteiger charge is -2.26. The number of sulfonamides is 1. The van der Waals surface area contributed by atoms with E-state index < -0.39 is 10.0 Å². The Bertz CT molecular complexity index is 967. The van der Waals surface area contributed by atoms with Gasteiger partial charge in [0.25, 0.3) is 0 Å². The summed E-state index contributed by atoms with van der Waals surface area (Å²) in [5.74, 6) is -0.0991. The van der Waals surface area contributed by atoms with Gasteiger partial charge in [0.15, 0.2) is 0 Å². The monoisotopic (exact) mass is 412 g/mol. The summed E-state index contributed by atoms with van der Waals surface area (Å²) in [6.45, 7) is 4.45. The van der Waals surface area contributed by atoms with Crippen LogP contribution in [0.2, 0.25) is 0 Å². The maximum Gasteiger partial charge on any atom is 0.247 e. The summed E-state index contributed by atoms with van der Waals surface area (Å²) < 4.78 is 27.0. The maximum absolute atomic E-state index is 12.8. The third kappa shape index (κ3) is 5.55. The van der Waals surface area contributed by atoms with Crippen LogP contribution in [0.15, 0.2) is 71.1 Å². The molecule has 2 aromatic rings. The first kappa shape index (κ1) is 21.3. The van der Waals surface area contributed by atoms with Gasteiger partial charge in [-0.2, -0.15) is 4.31 Å². The van der Waals surface area contributed by atoms with Gasteiger partial charge in [0, 0.05) is 24.7 Å². The molecule has 0 radical (unpaired) electrons. The molecule has 0 bridgehead atoms. The number of nitrogens with zero attached hydrogens (tertiary/aromatic N) is 1. The molecule has 1 aliphatic heterocycles. The van der Waals surface area contributed by atoms with Crippen molar-refractivity contribution in [2.24, 2.45) is 0 Å². The van der Waals surface area contributed by atoms with Gasteiger partial charge < -0.3 is 5.32 Å². The van der Waals surface area contributed by atoms with E-state index in [2.05, 4.69) is 17.4 Å². The van der Waals surface area contributed by atoms with E-state index in [1.54, 1.807) is 30.3 Å². The average molecular weight is 413 g/mol. The van der Waals surface area contributed by atoms with E-state index in [1.165, 1.54) is 9.87 Å². The topological polar surface area (TPSA) is 66.5 Å². The molecule has 2 aromatic carbocycles. The van der Waals surface area contributed by atoms with Gasteiger partial charge in [0.05, 0.1) is 4.90 Å². The Morgan fingerprint density at radius 2 is 1.79 bits per heavy atom. The van der Waals surface area contributed by atoms with E-state index in [9.17, 15) is 13.2 Å². The lowest BCUT2D eigenvalue weighted by Crippen LogP contribution is -2.39. The number of benzene rings is 2. The Balaban J connectivity index is 1.54. The van der Waals surface area contributed by atoms with E-state index in [1.807, 2.05) is 32.0 Å². The lowest BCUT2D eigenvalue weighted by molar-refractivity contribution is -0.118. The molecule has 6 heteroatoms. The molecule has 29 heavy (non-hydrogen) atoms. The predicted octanol–water partition coefficient (Wildman–Crippen LogP) is 3.45. The van der Waals surface area contributed by atoms with E-state index in [0.29, 0.717) is 23.4 Å². The molecule has 0 fully saturated rings. The fourth-order valence-electron chi connectivity index (χ4n) is 3.35. The van der Waals surface area contributed by atoms with Gasteiger partial charge in [-0.25, -0.2) is 8.42 Å². The lowest BCUT2D eigenvalue weighted by atomic mass is 10.0. The van der Waals surface area contributed by atoms with Crippen LogP contribution in [0, 0.1) is 6.92 Å². The van der Waals surface area contributed by atoms with Crippen LogP contribution in [-0.4, -0.2) is 37.8 Å². The second-order valence-electron chi connectivity index (χ2n) is 7.55. The standard InChI is InChI=1S/C23H28N2O3S/c1-18-8-12-22(13-9-18)29(27,28)25-16-14-21(15-17-25)23(26)24-19(2)10-11-20-6-4-3-5-7-20/h3-9,12-14,19H,10-11,15-17H2,1-2H3,(H,24,26)/t19-/m0/s1. The molecule has 0 saturated carbocycles. The van der Waals surface area contributed by atoms with Crippen molar-refractivity contribution in [3.05, 3.63) is 77.4 Å². The third-order valence-electron chi connectivity index (χ3n) is 5.21. The molecule has 1 heterocycles. The number of rotatable bonds is 7. The number of hydrogen-bond acceptors (Lipinski definition) is 3. The van der Waals surface area contributed by atoms with Crippen molar-refractivity contribution in [2.45, 2.75) is 44.0 Å². The van der Waals surface area contributed by atoms with E-state index in [-0.39, 0.29) is 18.5 Å². The van der Waals surface area contributed by atoms with Crippen LogP contribution < -0.4 is 5.32 Å². The molecule has 0 spiro atoms. The highest BCUT2D eigenvalue weighted by atomic mass is 32.2. The number of carbonyl (C=O) groups excluding carboxylic acids is 1. The summed E-state index contributed by atoms with van der Waals surface area (Å²) in [6, 6.07) is 17.1. The van der Waals surface area contributed by atoms with Crippen LogP contribution in [0.1, 0.15) is 30.9 Å². The predicted molar refractivity (Wildman–Crippen MR) is 115 cm³/mol. The Labute approximate surface area is 173 Å². The largest absolute Gasteiger partial charge is 0.350 e. The minimum atomic E-state index is -3.53. The third-order valence-corrected chi connectivity index (χ3v) is 7.09. The molecule has 154 valence electrons. The highest BCUT2D eigenvalue weighted by Crippen LogP contribution is 2.21. The minimum absolute atomic E-state index is 0.0536. The molecule has 1 aliphatic rings. The van der Waals surface area contributed by atoms with Crippen LogP contribution in [0.4, 0.5) is 0 Å². The summed E-state index contributed by atoms with van der Waals surface area (Å²) in [5, 5.41) is 3.04. The minimum Gasteiger partial charge on any atom is -0.350 e. The second kappa shape index (κ2) is 9.37. The van der Waals surface area contributed by atoms with E-state index in [0.717, 1.165) is 18.4 Å². The second-order valence-corrected chi connectivity index (χ2v) is 9.49. The summed E-state index contributed by atoms with van der Waals surface area (Å²) in [7, 11) is -3.53. The van der Waals surface area contributed by atoms with Crippen molar-refractivity contribution in [1.82, 2.24) is 9.62 Å². The molecule has 0 aliphatic carbocycles. The zero-order chi connectivity index (χ0) is 20.9. The van der Waals surface area contributed by atoms with Crippen molar-refractivity contribution in [3.8, 4) is 0 Å². The van der Waals surface area contributed by atoms with Gasteiger partial charge in [0.2, 0.25) is 15.9 Å². The van der Waals surface area contributed by atoms with Gasteiger partial charge in [-0.3, -0.25) is 4.79 Å². The molecule has 1 atom stereocenters. The molecule has 1 amide bonds. The van der Waals surface area contributed by atoms with Gasteiger partial charge in [-0.05, 0) is 50.8 Å². The smallest absolute Gasteiger partial charge is 0.247 e. The van der Waals surface area contributed by atoms with E-state index in [4.69, 9.17) is 0 Å². The molecule has 3 rings (SSSR count). The van der Waals surface area contributed by atoms with Crippen LogP contribution in [0.5, 0.6) is 0 Å². The van der Waals surface area contributed by atoms with Crippen molar-refractivity contribution in [2.75, 3.05) is 13.1 Å².